The van der Waals surface area contributed by atoms with E-state index < -0.39 is 0 Å². The van der Waals surface area contributed by atoms with Gasteiger partial charge in [0.1, 0.15) is 0 Å². The summed E-state index contributed by atoms with van der Waals surface area (Å²) in [7, 11) is 0. The number of carbonyl (C=O) groups excluding carboxylic acids is 1. The van der Waals surface area contributed by atoms with Crippen molar-refractivity contribution < 1.29 is 4.79 Å². The Hall–Kier alpha value is -0.740. The van der Waals surface area contributed by atoms with Crippen molar-refractivity contribution in [1.82, 2.24) is 10.3 Å². The van der Waals surface area contributed by atoms with Crippen molar-refractivity contribution in [3.8, 4) is 0 Å². The largest absolute Gasteiger partial charge is 0.307 e. The number of halogens is 1. The van der Waals surface area contributed by atoms with E-state index in [2.05, 4.69) is 26.2 Å². The number of aromatic nitrogens is 1. The fourth-order valence-corrected chi connectivity index (χ4v) is 1.80. The number of hydrogen-bond acceptors (Lipinski definition) is 3. The number of Topliss-reactive ketones (excluding diaryl/α,β-unsaturated/α-hetero) is 1. The molecule has 0 saturated heterocycles. The van der Waals surface area contributed by atoms with E-state index in [9.17, 15) is 4.79 Å². The molecule has 1 N–H and O–H groups in total. The lowest BCUT2D eigenvalue weighted by Crippen LogP contribution is -2.25. The third kappa shape index (κ3) is 3.72. The Morgan fingerprint density at radius 3 is 3.00 bits per heavy atom. The van der Waals surface area contributed by atoms with Crippen LogP contribution in [0.2, 0.25) is 0 Å². The molecular formula is C11H13BrN2O. The number of ketones is 1. The fraction of sp³-hybridized carbons (Fsp3) is 0.455. The minimum atomic E-state index is 0.224. The van der Waals surface area contributed by atoms with Gasteiger partial charge in [-0.1, -0.05) is 0 Å². The van der Waals surface area contributed by atoms with Gasteiger partial charge in [0.15, 0.2) is 5.78 Å². The first-order chi connectivity index (χ1) is 7.24. The van der Waals surface area contributed by atoms with Crippen molar-refractivity contribution in [2.45, 2.75) is 25.3 Å². The van der Waals surface area contributed by atoms with Crippen LogP contribution >= 0.6 is 15.9 Å². The Kier molecular flexibility index (Phi) is 3.49. The van der Waals surface area contributed by atoms with Crippen LogP contribution in [0, 0.1) is 0 Å². The van der Waals surface area contributed by atoms with Gasteiger partial charge in [-0.25, -0.2) is 0 Å². The number of nitrogens with one attached hydrogen (secondary N) is 1. The maximum Gasteiger partial charge on any atom is 0.151 e. The number of pyridine rings is 1. The van der Waals surface area contributed by atoms with E-state index >= 15 is 0 Å². The molecule has 3 nitrogen and oxygen atoms in total. The average Bonchev–Trinajstić information content (AvgIpc) is 2.98. The van der Waals surface area contributed by atoms with Gasteiger partial charge in [-0.05, 0) is 40.4 Å². The highest BCUT2D eigenvalue weighted by Gasteiger charge is 2.21. The zero-order valence-corrected chi connectivity index (χ0v) is 9.96. The number of carbonyl (C=O) groups is 1. The van der Waals surface area contributed by atoms with Crippen LogP contribution in [0.5, 0.6) is 0 Å². The second-order valence-electron chi connectivity index (χ2n) is 3.88. The molecule has 0 spiro atoms. The van der Waals surface area contributed by atoms with Gasteiger partial charge in [0.05, 0.1) is 6.54 Å². The predicted molar refractivity (Wildman–Crippen MR) is 61.7 cm³/mol. The molecule has 0 radical (unpaired) electrons. The molecule has 1 saturated carbocycles. The first kappa shape index (κ1) is 10.8. The molecule has 0 amide bonds. The van der Waals surface area contributed by atoms with Crippen molar-refractivity contribution in [1.29, 1.82) is 0 Å². The van der Waals surface area contributed by atoms with E-state index in [0.29, 0.717) is 19.0 Å². The van der Waals surface area contributed by atoms with Crippen molar-refractivity contribution in [2.75, 3.05) is 6.54 Å². The van der Waals surface area contributed by atoms with Gasteiger partial charge in [0.25, 0.3) is 0 Å². The highest BCUT2D eigenvalue weighted by molar-refractivity contribution is 9.10. The lowest BCUT2D eigenvalue weighted by molar-refractivity contribution is -0.117. The zero-order chi connectivity index (χ0) is 10.7. The molecule has 1 aromatic rings. The van der Waals surface area contributed by atoms with Crippen molar-refractivity contribution in [2.24, 2.45) is 0 Å². The zero-order valence-electron chi connectivity index (χ0n) is 8.37. The number of nitrogens with zero attached hydrogens (tertiary/aromatic N) is 1. The smallest absolute Gasteiger partial charge is 0.151 e. The fourth-order valence-electron chi connectivity index (χ4n) is 1.39. The third-order valence-electron chi connectivity index (χ3n) is 2.33. The second kappa shape index (κ2) is 4.86. The molecule has 80 valence electrons. The first-order valence-corrected chi connectivity index (χ1v) is 5.88. The molecule has 0 atom stereocenters. The van der Waals surface area contributed by atoms with Crippen LogP contribution in [-0.4, -0.2) is 23.4 Å². The Labute approximate surface area is 97.4 Å². The summed E-state index contributed by atoms with van der Waals surface area (Å²) in [6.45, 7) is 0.483. The van der Waals surface area contributed by atoms with Gasteiger partial charge in [-0.2, -0.15) is 0 Å². The molecule has 1 aromatic heterocycles. The van der Waals surface area contributed by atoms with E-state index in [1.54, 1.807) is 12.4 Å². The van der Waals surface area contributed by atoms with Crippen LogP contribution in [0.3, 0.4) is 0 Å². The number of hydrogen-bond donors (Lipinski definition) is 1. The maximum atomic E-state index is 11.6. The van der Waals surface area contributed by atoms with E-state index in [0.717, 1.165) is 10.0 Å². The molecular weight excluding hydrogens is 256 g/mol. The van der Waals surface area contributed by atoms with Crippen molar-refractivity contribution >= 4 is 21.7 Å². The van der Waals surface area contributed by atoms with Gasteiger partial charge >= 0.3 is 0 Å². The van der Waals surface area contributed by atoms with Crippen LogP contribution in [0.4, 0.5) is 0 Å². The standard InChI is InChI=1S/C11H13BrN2O/c12-9-3-8(5-13-6-9)4-11(15)7-14-10-1-2-10/h3,5-6,10,14H,1-2,4,7H2. The van der Waals surface area contributed by atoms with E-state index in [1.165, 1.54) is 12.8 Å². The Bertz CT molecular complexity index is 363. The van der Waals surface area contributed by atoms with Crippen LogP contribution < -0.4 is 5.32 Å². The molecule has 1 heterocycles. The Morgan fingerprint density at radius 1 is 1.53 bits per heavy atom. The molecule has 2 rings (SSSR count). The first-order valence-electron chi connectivity index (χ1n) is 5.08. The Balaban J connectivity index is 1.81. The van der Waals surface area contributed by atoms with Gasteiger partial charge in [0, 0.05) is 29.3 Å². The van der Waals surface area contributed by atoms with Gasteiger partial charge in [-0.3, -0.25) is 9.78 Å². The molecule has 0 aromatic carbocycles. The summed E-state index contributed by atoms with van der Waals surface area (Å²) in [5.41, 5.74) is 0.965. The molecule has 1 aliphatic carbocycles. The van der Waals surface area contributed by atoms with Gasteiger partial charge in [-0.15, -0.1) is 0 Å². The Morgan fingerprint density at radius 2 is 2.33 bits per heavy atom. The lowest BCUT2D eigenvalue weighted by Gasteiger charge is -2.02. The predicted octanol–water partition coefficient (Wildman–Crippen LogP) is 1.71. The van der Waals surface area contributed by atoms with E-state index in [4.69, 9.17) is 0 Å². The molecule has 15 heavy (non-hydrogen) atoms. The van der Waals surface area contributed by atoms with E-state index in [1.807, 2.05) is 6.07 Å². The van der Waals surface area contributed by atoms with Crippen LogP contribution in [0.15, 0.2) is 22.9 Å². The van der Waals surface area contributed by atoms with Crippen LogP contribution in [-0.2, 0) is 11.2 Å². The summed E-state index contributed by atoms with van der Waals surface area (Å²) in [6.07, 6.45) is 6.35. The van der Waals surface area contributed by atoms with Crippen LogP contribution in [0.1, 0.15) is 18.4 Å². The SMILES string of the molecule is O=C(CNC1CC1)Cc1cncc(Br)c1. The summed E-state index contributed by atoms with van der Waals surface area (Å²) in [4.78, 5) is 15.6. The molecule has 1 fully saturated rings. The molecule has 0 unspecified atom stereocenters. The quantitative estimate of drug-likeness (QED) is 0.884. The summed E-state index contributed by atoms with van der Waals surface area (Å²) < 4.78 is 0.919. The number of rotatable bonds is 5. The summed E-state index contributed by atoms with van der Waals surface area (Å²) in [6, 6.07) is 2.52. The summed E-state index contributed by atoms with van der Waals surface area (Å²) >= 11 is 3.33. The lowest BCUT2D eigenvalue weighted by atomic mass is 10.1. The highest BCUT2D eigenvalue weighted by Crippen LogP contribution is 2.18. The normalized spacial score (nSPS) is 15.3. The average molecular weight is 269 g/mol. The maximum absolute atomic E-state index is 11.6. The minimum absolute atomic E-state index is 0.224. The van der Waals surface area contributed by atoms with Crippen LogP contribution in [0.25, 0.3) is 0 Å². The molecule has 0 bridgehead atoms. The second-order valence-corrected chi connectivity index (χ2v) is 4.80. The molecule has 1 aliphatic rings. The summed E-state index contributed by atoms with van der Waals surface area (Å²) in [5.74, 6) is 0.224. The monoisotopic (exact) mass is 268 g/mol. The molecule has 0 aliphatic heterocycles. The minimum Gasteiger partial charge on any atom is -0.307 e. The van der Waals surface area contributed by atoms with Gasteiger partial charge in [0.2, 0.25) is 0 Å². The van der Waals surface area contributed by atoms with E-state index in [-0.39, 0.29) is 5.78 Å². The topological polar surface area (TPSA) is 42.0 Å². The third-order valence-corrected chi connectivity index (χ3v) is 2.76. The molecule has 4 heteroatoms. The highest BCUT2D eigenvalue weighted by atomic mass is 79.9. The van der Waals surface area contributed by atoms with Gasteiger partial charge < -0.3 is 5.32 Å². The summed E-state index contributed by atoms with van der Waals surface area (Å²) in [5, 5.41) is 3.21. The van der Waals surface area contributed by atoms with Crippen molar-refractivity contribution in [3.05, 3.63) is 28.5 Å². The van der Waals surface area contributed by atoms with Crippen molar-refractivity contribution in [3.63, 3.8) is 0 Å².